The van der Waals surface area contributed by atoms with Crippen LogP contribution in [0.15, 0.2) is 4.99 Å². The zero-order valence-corrected chi connectivity index (χ0v) is 13.8. The molecule has 0 saturated carbocycles. The van der Waals surface area contributed by atoms with Crippen LogP contribution < -0.4 is 10.6 Å². The Morgan fingerprint density at radius 1 is 1.16 bits per heavy atom. The summed E-state index contributed by atoms with van der Waals surface area (Å²) < 4.78 is 0. The summed E-state index contributed by atoms with van der Waals surface area (Å²) in [5.74, 6) is 1.70. The molecule has 0 aromatic heterocycles. The Morgan fingerprint density at radius 3 is 2.32 bits per heavy atom. The smallest absolute Gasteiger partial charge is 0.191 e. The van der Waals surface area contributed by atoms with Crippen LogP contribution in [-0.4, -0.2) is 50.6 Å². The first-order valence-electron chi connectivity index (χ1n) is 7.66. The van der Waals surface area contributed by atoms with Crippen molar-refractivity contribution in [2.45, 2.75) is 53.0 Å². The SMILES string of the molecule is CCC(C)N(C)CCNC(=NC)NCCCC(C)C. The third kappa shape index (κ3) is 9.77. The van der Waals surface area contributed by atoms with Crippen LogP contribution in [0.1, 0.15) is 47.0 Å². The highest BCUT2D eigenvalue weighted by Gasteiger charge is 2.06. The lowest BCUT2D eigenvalue weighted by Gasteiger charge is -2.24. The molecule has 0 radical (unpaired) electrons. The molecule has 0 bridgehead atoms. The van der Waals surface area contributed by atoms with Gasteiger partial charge in [0.1, 0.15) is 0 Å². The second-order valence-corrected chi connectivity index (χ2v) is 5.70. The van der Waals surface area contributed by atoms with Gasteiger partial charge in [-0.1, -0.05) is 20.8 Å². The molecule has 1 unspecified atom stereocenters. The first-order chi connectivity index (χ1) is 9.01. The molecule has 4 nitrogen and oxygen atoms in total. The van der Waals surface area contributed by atoms with Crippen molar-refractivity contribution < 1.29 is 0 Å². The molecule has 1 atom stereocenters. The molecule has 0 aliphatic rings. The zero-order chi connectivity index (χ0) is 14.7. The maximum Gasteiger partial charge on any atom is 0.191 e. The Hall–Kier alpha value is -0.770. The second-order valence-electron chi connectivity index (χ2n) is 5.70. The van der Waals surface area contributed by atoms with Crippen molar-refractivity contribution in [1.29, 1.82) is 0 Å². The van der Waals surface area contributed by atoms with Crippen LogP contribution in [0.5, 0.6) is 0 Å². The van der Waals surface area contributed by atoms with E-state index in [4.69, 9.17) is 0 Å². The van der Waals surface area contributed by atoms with Gasteiger partial charge < -0.3 is 15.5 Å². The minimum Gasteiger partial charge on any atom is -0.356 e. The second kappa shape index (κ2) is 11.1. The van der Waals surface area contributed by atoms with Crippen molar-refractivity contribution in [2.24, 2.45) is 10.9 Å². The van der Waals surface area contributed by atoms with E-state index in [2.05, 4.69) is 55.3 Å². The fraction of sp³-hybridized carbons (Fsp3) is 0.933. The Balaban J connectivity index is 3.71. The normalized spacial score (nSPS) is 14.0. The summed E-state index contributed by atoms with van der Waals surface area (Å²) in [7, 11) is 4.00. The first kappa shape index (κ1) is 18.2. The van der Waals surface area contributed by atoms with E-state index in [1.807, 2.05) is 7.05 Å². The van der Waals surface area contributed by atoms with Crippen LogP contribution in [-0.2, 0) is 0 Å². The van der Waals surface area contributed by atoms with Gasteiger partial charge in [-0.15, -0.1) is 0 Å². The predicted molar refractivity (Wildman–Crippen MR) is 85.8 cm³/mol. The summed E-state index contributed by atoms with van der Waals surface area (Å²) in [6.07, 6.45) is 3.66. The van der Waals surface area contributed by atoms with Crippen molar-refractivity contribution in [2.75, 3.05) is 33.7 Å². The van der Waals surface area contributed by atoms with E-state index in [9.17, 15) is 0 Å². The molecule has 4 heteroatoms. The summed E-state index contributed by atoms with van der Waals surface area (Å²) >= 11 is 0. The number of likely N-dealkylation sites (N-methyl/N-ethyl adjacent to an activating group) is 1. The quantitative estimate of drug-likeness (QED) is 0.384. The molecule has 0 aromatic rings. The molecule has 19 heavy (non-hydrogen) atoms. The van der Waals surface area contributed by atoms with E-state index in [1.165, 1.54) is 19.3 Å². The summed E-state index contributed by atoms with van der Waals surface area (Å²) in [4.78, 5) is 6.62. The van der Waals surface area contributed by atoms with Gasteiger partial charge in [0.05, 0.1) is 0 Å². The summed E-state index contributed by atoms with van der Waals surface area (Å²) in [5, 5.41) is 6.73. The van der Waals surface area contributed by atoms with Crippen LogP contribution in [0, 0.1) is 5.92 Å². The Bertz CT molecular complexity index is 238. The van der Waals surface area contributed by atoms with Crippen molar-refractivity contribution in [1.82, 2.24) is 15.5 Å². The fourth-order valence-electron chi connectivity index (χ4n) is 1.82. The van der Waals surface area contributed by atoms with Gasteiger partial charge in [-0.2, -0.15) is 0 Å². The molecule has 0 rings (SSSR count). The zero-order valence-electron chi connectivity index (χ0n) is 13.8. The van der Waals surface area contributed by atoms with E-state index in [1.54, 1.807) is 0 Å². The molecule has 0 spiro atoms. The molecule has 0 heterocycles. The summed E-state index contributed by atoms with van der Waals surface area (Å²) in [6.45, 7) is 12.0. The lowest BCUT2D eigenvalue weighted by molar-refractivity contribution is 0.255. The molecule has 0 aliphatic heterocycles. The Kier molecular flexibility index (Phi) is 10.6. The van der Waals surface area contributed by atoms with E-state index >= 15 is 0 Å². The molecule has 0 amide bonds. The van der Waals surface area contributed by atoms with E-state index in [0.717, 1.165) is 31.5 Å². The van der Waals surface area contributed by atoms with E-state index < -0.39 is 0 Å². The van der Waals surface area contributed by atoms with Gasteiger partial charge in [-0.25, -0.2) is 0 Å². The minimum absolute atomic E-state index is 0.641. The predicted octanol–water partition coefficient (Wildman–Crippen LogP) is 2.32. The topological polar surface area (TPSA) is 39.7 Å². The number of aliphatic imine (C=N–C) groups is 1. The molecule has 0 saturated heterocycles. The fourth-order valence-corrected chi connectivity index (χ4v) is 1.82. The highest BCUT2D eigenvalue weighted by Crippen LogP contribution is 2.01. The number of nitrogens with zero attached hydrogens (tertiary/aromatic N) is 2. The Morgan fingerprint density at radius 2 is 1.79 bits per heavy atom. The highest BCUT2D eigenvalue weighted by atomic mass is 15.2. The van der Waals surface area contributed by atoms with Gasteiger partial charge in [-0.05, 0) is 39.2 Å². The Labute approximate surface area is 120 Å². The molecular weight excluding hydrogens is 236 g/mol. The van der Waals surface area contributed by atoms with Gasteiger partial charge in [0.25, 0.3) is 0 Å². The van der Waals surface area contributed by atoms with Crippen LogP contribution in [0.25, 0.3) is 0 Å². The van der Waals surface area contributed by atoms with E-state index in [0.29, 0.717) is 6.04 Å². The number of hydrogen-bond donors (Lipinski definition) is 2. The minimum atomic E-state index is 0.641. The van der Waals surface area contributed by atoms with Gasteiger partial charge in [0.2, 0.25) is 0 Å². The third-order valence-electron chi connectivity index (χ3n) is 3.57. The first-order valence-corrected chi connectivity index (χ1v) is 7.66. The van der Waals surface area contributed by atoms with Crippen molar-refractivity contribution in [3.05, 3.63) is 0 Å². The maximum atomic E-state index is 4.24. The summed E-state index contributed by atoms with van der Waals surface area (Å²) in [5.41, 5.74) is 0. The number of rotatable bonds is 9. The lowest BCUT2D eigenvalue weighted by atomic mass is 10.1. The molecule has 114 valence electrons. The monoisotopic (exact) mass is 270 g/mol. The molecule has 2 N–H and O–H groups in total. The van der Waals surface area contributed by atoms with Crippen molar-refractivity contribution >= 4 is 5.96 Å². The largest absolute Gasteiger partial charge is 0.356 e. The van der Waals surface area contributed by atoms with Gasteiger partial charge in [0, 0.05) is 32.7 Å². The number of hydrogen-bond acceptors (Lipinski definition) is 2. The lowest BCUT2D eigenvalue weighted by Crippen LogP contribution is -2.42. The van der Waals surface area contributed by atoms with Crippen LogP contribution in [0.2, 0.25) is 0 Å². The van der Waals surface area contributed by atoms with Crippen LogP contribution in [0.3, 0.4) is 0 Å². The highest BCUT2D eigenvalue weighted by molar-refractivity contribution is 5.79. The van der Waals surface area contributed by atoms with Gasteiger partial charge in [-0.3, -0.25) is 4.99 Å². The standard InChI is InChI=1S/C15H34N4/c1-7-14(4)19(6)12-11-18-15(16-5)17-10-8-9-13(2)3/h13-14H,7-12H2,1-6H3,(H2,16,17,18). The van der Waals surface area contributed by atoms with E-state index in [-0.39, 0.29) is 0 Å². The van der Waals surface area contributed by atoms with Crippen molar-refractivity contribution in [3.63, 3.8) is 0 Å². The number of guanidine groups is 1. The molecule has 0 aromatic carbocycles. The van der Waals surface area contributed by atoms with Crippen LogP contribution >= 0.6 is 0 Å². The van der Waals surface area contributed by atoms with Crippen LogP contribution in [0.4, 0.5) is 0 Å². The molecular formula is C15H34N4. The molecule has 0 aliphatic carbocycles. The summed E-state index contributed by atoms with van der Waals surface area (Å²) in [6, 6.07) is 0.641. The van der Waals surface area contributed by atoms with Gasteiger partial charge >= 0.3 is 0 Å². The van der Waals surface area contributed by atoms with Gasteiger partial charge in [0.15, 0.2) is 5.96 Å². The maximum absolute atomic E-state index is 4.24. The third-order valence-corrected chi connectivity index (χ3v) is 3.57. The average molecular weight is 270 g/mol. The number of nitrogens with one attached hydrogen (secondary N) is 2. The average Bonchev–Trinajstić information content (AvgIpc) is 2.39. The molecule has 0 fully saturated rings. The van der Waals surface area contributed by atoms with Crippen molar-refractivity contribution in [3.8, 4) is 0 Å².